The lowest BCUT2D eigenvalue weighted by Crippen LogP contribution is -2.43. The summed E-state index contributed by atoms with van der Waals surface area (Å²) in [4.78, 5) is 18.5. The quantitative estimate of drug-likeness (QED) is 0.502. The summed E-state index contributed by atoms with van der Waals surface area (Å²) in [6, 6.07) is 5.88. The SMILES string of the molecule is CCN1CCCC1CN(CC1CCCCC1)c1nc(N)nc(Nc2ccc(N)c(Cl)c2)n1. The Labute approximate surface area is 195 Å². The van der Waals surface area contributed by atoms with E-state index in [-0.39, 0.29) is 5.95 Å². The number of likely N-dealkylation sites (N-methyl/N-ethyl adjacent to an activating group) is 1. The van der Waals surface area contributed by atoms with E-state index in [1.807, 2.05) is 6.07 Å². The molecule has 1 aromatic carbocycles. The number of nitrogens with zero attached hydrogens (tertiary/aromatic N) is 5. The third kappa shape index (κ3) is 5.72. The van der Waals surface area contributed by atoms with Crippen molar-refractivity contribution < 1.29 is 0 Å². The molecule has 1 aliphatic heterocycles. The van der Waals surface area contributed by atoms with Crippen molar-refractivity contribution in [3.8, 4) is 0 Å². The van der Waals surface area contributed by atoms with Gasteiger partial charge in [0.05, 0.1) is 10.7 Å². The first-order chi connectivity index (χ1) is 15.5. The summed E-state index contributed by atoms with van der Waals surface area (Å²) in [5.74, 6) is 1.95. The number of nitrogens with one attached hydrogen (secondary N) is 1. The molecule has 9 heteroatoms. The van der Waals surface area contributed by atoms with E-state index in [4.69, 9.17) is 28.1 Å². The lowest BCUT2D eigenvalue weighted by atomic mass is 9.89. The van der Waals surface area contributed by atoms with Crippen LogP contribution < -0.4 is 21.7 Å². The number of anilines is 5. The third-order valence-corrected chi connectivity index (χ3v) is 7.05. The molecule has 5 N–H and O–H groups in total. The van der Waals surface area contributed by atoms with Crippen molar-refractivity contribution in [2.24, 2.45) is 5.92 Å². The van der Waals surface area contributed by atoms with Crippen molar-refractivity contribution in [2.45, 2.75) is 57.9 Å². The van der Waals surface area contributed by atoms with Crippen molar-refractivity contribution in [1.82, 2.24) is 19.9 Å². The monoisotopic (exact) mass is 458 g/mol. The molecule has 1 saturated heterocycles. The molecule has 1 saturated carbocycles. The van der Waals surface area contributed by atoms with Crippen LogP contribution in [0.5, 0.6) is 0 Å². The van der Waals surface area contributed by atoms with E-state index in [0.717, 1.165) is 25.3 Å². The Bertz CT molecular complexity index is 902. The van der Waals surface area contributed by atoms with Gasteiger partial charge in [-0.05, 0) is 62.9 Å². The molecule has 2 heterocycles. The number of rotatable bonds is 8. The number of aromatic nitrogens is 3. The maximum atomic E-state index is 6.17. The Hall–Kier alpha value is -2.32. The molecule has 2 fully saturated rings. The lowest BCUT2D eigenvalue weighted by Gasteiger charge is -2.34. The van der Waals surface area contributed by atoms with Gasteiger partial charge in [0.1, 0.15) is 0 Å². The van der Waals surface area contributed by atoms with Gasteiger partial charge >= 0.3 is 0 Å². The van der Waals surface area contributed by atoms with Gasteiger partial charge in [-0.15, -0.1) is 0 Å². The number of hydrogen-bond donors (Lipinski definition) is 3. The highest BCUT2D eigenvalue weighted by Gasteiger charge is 2.28. The zero-order valence-electron chi connectivity index (χ0n) is 18.9. The Balaban J connectivity index is 1.57. The van der Waals surface area contributed by atoms with Gasteiger partial charge < -0.3 is 21.7 Å². The molecule has 174 valence electrons. The fraction of sp³-hybridized carbons (Fsp3) is 0.609. The lowest BCUT2D eigenvalue weighted by molar-refractivity contribution is 0.262. The molecule has 32 heavy (non-hydrogen) atoms. The number of halogens is 1. The van der Waals surface area contributed by atoms with E-state index in [1.54, 1.807) is 12.1 Å². The molecule has 1 aliphatic carbocycles. The molecule has 0 spiro atoms. The second-order valence-corrected chi connectivity index (χ2v) is 9.42. The highest BCUT2D eigenvalue weighted by atomic mass is 35.5. The van der Waals surface area contributed by atoms with Crippen LogP contribution in [0.25, 0.3) is 0 Å². The fourth-order valence-electron chi connectivity index (χ4n) is 5.00. The molecule has 2 aromatic rings. The molecule has 2 aliphatic rings. The zero-order valence-corrected chi connectivity index (χ0v) is 19.7. The summed E-state index contributed by atoms with van der Waals surface area (Å²) in [5, 5.41) is 3.69. The Morgan fingerprint density at radius 3 is 2.62 bits per heavy atom. The average Bonchev–Trinajstić information content (AvgIpc) is 3.23. The molecule has 0 radical (unpaired) electrons. The van der Waals surface area contributed by atoms with Crippen LogP contribution in [0.15, 0.2) is 18.2 Å². The van der Waals surface area contributed by atoms with Crippen molar-refractivity contribution in [3.05, 3.63) is 23.2 Å². The minimum Gasteiger partial charge on any atom is -0.398 e. The Morgan fingerprint density at radius 1 is 1.06 bits per heavy atom. The van der Waals surface area contributed by atoms with Crippen molar-refractivity contribution in [2.75, 3.05) is 47.9 Å². The Kier molecular flexibility index (Phi) is 7.52. The van der Waals surface area contributed by atoms with Gasteiger partial charge in [0.25, 0.3) is 0 Å². The molecule has 0 bridgehead atoms. The second kappa shape index (κ2) is 10.5. The molecular weight excluding hydrogens is 424 g/mol. The fourth-order valence-corrected chi connectivity index (χ4v) is 5.18. The van der Waals surface area contributed by atoms with Crippen LogP contribution >= 0.6 is 11.6 Å². The summed E-state index contributed by atoms with van der Waals surface area (Å²) < 4.78 is 0. The van der Waals surface area contributed by atoms with E-state index in [0.29, 0.717) is 34.6 Å². The summed E-state index contributed by atoms with van der Waals surface area (Å²) in [7, 11) is 0. The van der Waals surface area contributed by atoms with Gasteiger partial charge in [-0.1, -0.05) is 37.8 Å². The standard InChI is InChI=1S/C23H35ClN8/c1-2-31-12-6-9-18(31)15-32(14-16-7-4-3-5-8-16)23-29-21(26)28-22(30-23)27-17-10-11-20(25)19(24)13-17/h10-11,13,16,18H,2-9,12,14-15,25H2,1H3,(H3,26,27,28,29,30). The minimum absolute atomic E-state index is 0.214. The van der Waals surface area contributed by atoms with E-state index in [2.05, 4.69) is 32.0 Å². The van der Waals surface area contributed by atoms with Crippen molar-refractivity contribution >= 4 is 40.8 Å². The summed E-state index contributed by atoms with van der Waals surface area (Å²) >= 11 is 6.17. The van der Waals surface area contributed by atoms with Crippen molar-refractivity contribution in [1.29, 1.82) is 0 Å². The van der Waals surface area contributed by atoms with Crippen LogP contribution in [0.3, 0.4) is 0 Å². The summed E-state index contributed by atoms with van der Waals surface area (Å²) in [5.41, 5.74) is 13.2. The van der Waals surface area contributed by atoms with E-state index in [1.165, 1.54) is 51.5 Å². The predicted octanol–water partition coefficient (Wildman–Crippen LogP) is 4.30. The average molecular weight is 459 g/mol. The first kappa shape index (κ1) is 22.9. The minimum atomic E-state index is 0.214. The van der Waals surface area contributed by atoms with Gasteiger partial charge in [-0.3, -0.25) is 4.90 Å². The van der Waals surface area contributed by atoms with E-state index in [9.17, 15) is 0 Å². The maximum absolute atomic E-state index is 6.17. The van der Waals surface area contributed by atoms with E-state index >= 15 is 0 Å². The van der Waals surface area contributed by atoms with Crippen LogP contribution in [-0.4, -0.2) is 52.1 Å². The molecule has 0 amide bonds. The number of likely N-dealkylation sites (tertiary alicyclic amines) is 1. The van der Waals surface area contributed by atoms with Crippen LogP contribution in [0.1, 0.15) is 51.9 Å². The number of hydrogen-bond acceptors (Lipinski definition) is 8. The van der Waals surface area contributed by atoms with Crippen molar-refractivity contribution in [3.63, 3.8) is 0 Å². The molecule has 1 unspecified atom stereocenters. The van der Waals surface area contributed by atoms with Crippen LogP contribution in [-0.2, 0) is 0 Å². The first-order valence-electron chi connectivity index (χ1n) is 11.8. The number of nitrogens with two attached hydrogens (primary N) is 2. The molecule has 8 nitrogen and oxygen atoms in total. The largest absolute Gasteiger partial charge is 0.398 e. The van der Waals surface area contributed by atoms with Gasteiger partial charge in [0, 0.05) is 24.8 Å². The summed E-state index contributed by atoms with van der Waals surface area (Å²) in [6.07, 6.45) is 8.98. The van der Waals surface area contributed by atoms with Gasteiger partial charge in [0.2, 0.25) is 17.8 Å². The zero-order chi connectivity index (χ0) is 22.5. The van der Waals surface area contributed by atoms with E-state index < -0.39 is 0 Å². The van der Waals surface area contributed by atoms with Gasteiger partial charge in [0.15, 0.2) is 0 Å². The highest BCUT2D eigenvalue weighted by Crippen LogP contribution is 2.29. The predicted molar refractivity (Wildman–Crippen MR) is 132 cm³/mol. The second-order valence-electron chi connectivity index (χ2n) is 9.01. The topological polar surface area (TPSA) is 109 Å². The molecule has 4 rings (SSSR count). The van der Waals surface area contributed by atoms with Gasteiger partial charge in [-0.2, -0.15) is 15.0 Å². The van der Waals surface area contributed by atoms with Gasteiger partial charge in [-0.25, -0.2) is 0 Å². The van der Waals surface area contributed by atoms with Crippen LogP contribution in [0.4, 0.5) is 29.2 Å². The van der Waals surface area contributed by atoms with Crippen LogP contribution in [0.2, 0.25) is 5.02 Å². The maximum Gasteiger partial charge on any atom is 0.233 e. The normalized spacial score (nSPS) is 19.9. The molecular formula is C23H35ClN8. The third-order valence-electron chi connectivity index (χ3n) is 6.72. The molecule has 1 atom stereocenters. The number of nitrogen functional groups attached to an aromatic ring is 2. The highest BCUT2D eigenvalue weighted by molar-refractivity contribution is 6.33. The summed E-state index contributed by atoms with van der Waals surface area (Å²) in [6.45, 7) is 6.37. The number of benzene rings is 1. The van der Waals surface area contributed by atoms with Crippen LogP contribution in [0, 0.1) is 5.92 Å². The first-order valence-corrected chi connectivity index (χ1v) is 12.2. The smallest absolute Gasteiger partial charge is 0.233 e. The Morgan fingerprint density at radius 2 is 1.88 bits per heavy atom. The molecule has 1 aromatic heterocycles.